The fraction of sp³-hybridized carbons (Fsp3) is 0.294. The number of esters is 1. The van der Waals surface area contributed by atoms with E-state index < -0.39 is 5.97 Å². The average molecular weight is 328 g/mol. The maximum Gasteiger partial charge on any atom is 0.340 e. The third-order valence-electron chi connectivity index (χ3n) is 3.09. The Balaban J connectivity index is 2.20. The number of hydrogen-bond acceptors (Lipinski definition) is 6. The first-order valence-electron chi connectivity index (χ1n) is 7.80. The van der Waals surface area contributed by atoms with Gasteiger partial charge in [0, 0.05) is 12.7 Å². The van der Waals surface area contributed by atoms with Crippen LogP contribution in [0.1, 0.15) is 41.1 Å². The van der Waals surface area contributed by atoms with Crippen LogP contribution in [0.25, 0.3) is 0 Å². The van der Waals surface area contributed by atoms with Crippen molar-refractivity contribution in [2.45, 2.75) is 20.3 Å². The maximum absolute atomic E-state index is 12.0. The van der Waals surface area contributed by atoms with Crippen molar-refractivity contribution in [2.75, 3.05) is 18.5 Å². The van der Waals surface area contributed by atoms with E-state index in [-0.39, 0.29) is 24.2 Å². The number of carbonyl (C=O) groups is 2. The molecule has 0 aliphatic heterocycles. The van der Waals surface area contributed by atoms with Crippen LogP contribution in [-0.4, -0.2) is 35.0 Å². The van der Waals surface area contributed by atoms with Gasteiger partial charge in [0.25, 0.3) is 5.91 Å². The molecule has 1 aromatic carbocycles. The molecule has 1 heterocycles. The van der Waals surface area contributed by atoms with Crippen LogP contribution in [0, 0.1) is 0 Å². The van der Waals surface area contributed by atoms with Crippen LogP contribution >= 0.6 is 0 Å². The molecule has 0 unspecified atom stereocenters. The molecular weight excluding hydrogens is 308 g/mol. The van der Waals surface area contributed by atoms with Crippen molar-refractivity contribution in [1.82, 2.24) is 15.3 Å². The van der Waals surface area contributed by atoms with E-state index in [1.165, 1.54) is 12.3 Å². The van der Waals surface area contributed by atoms with Gasteiger partial charge in [-0.1, -0.05) is 19.1 Å². The minimum absolute atomic E-state index is 0.232. The highest BCUT2D eigenvalue weighted by Crippen LogP contribution is 2.19. The summed E-state index contributed by atoms with van der Waals surface area (Å²) in [4.78, 5) is 32.2. The fourth-order valence-corrected chi connectivity index (χ4v) is 1.97. The van der Waals surface area contributed by atoms with Gasteiger partial charge in [-0.15, -0.1) is 0 Å². The Labute approximate surface area is 140 Å². The van der Waals surface area contributed by atoms with Crippen molar-refractivity contribution in [2.24, 2.45) is 0 Å². The highest BCUT2D eigenvalue weighted by Gasteiger charge is 2.14. The van der Waals surface area contributed by atoms with E-state index in [1.54, 1.807) is 31.2 Å². The van der Waals surface area contributed by atoms with Crippen molar-refractivity contribution < 1.29 is 14.3 Å². The number of amides is 1. The van der Waals surface area contributed by atoms with Gasteiger partial charge >= 0.3 is 5.97 Å². The molecule has 0 aliphatic rings. The zero-order valence-corrected chi connectivity index (χ0v) is 13.7. The minimum Gasteiger partial charge on any atom is -0.462 e. The van der Waals surface area contributed by atoms with E-state index in [1.807, 2.05) is 6.92 Å². The zero-order valence-electron chi connectivity index (χ0n) is 13.7. The zero-order chi connectivity index (χ0) is 17.4. The van der Waals surface area contributed by atoms with E-state index in [9.17, 15) is 9.59 Å². The number of carbonyl (C=O) groups excluding carboxylic acids is 2. The molecule has 0 saturated carbocycles. The quantitative estimate of drug-likeness (QED) is 0.759. The summed E-state index contributed by atoms with van der Waals surface area (Å²) < 4.78 is 5.03. The highest BCUT2D eigenvalue weighted by molar-refractivity contribution is 5.96. The second-order valence-corrected chi connectivity index (χ2v) is 4.91. The van der Waals surface area contributed by atoms with Gasteiger partial charge in [-0.05, 0) is 31.5 Å². The summed E-state index contributed by atoms with van der Waals surface area (Å²) in [5.74, 6) is -0.464. The number of rotatable bonds is 7. The number of ether oxygens (including phenoxy) is 1. The lowest BCUT2D eigenvalue weighted by molar-refractivity contribution is 0.0527. The van der Waals surface area contributed by atoms with E-state index in [0.29, 0.717) is 17.8 Å². The Bertz CT molecular complexity index is 718. The van der Waals surface area contributed by atoms with Crippen molar-refractivity contribution in [3.05, 3.63) is 47.8 Å². The van der Waals surface area contributed by atoms with Crippen LogP contribution in [0.2, 0.25) is 0 Å². The first-order valence-corrected chi connectivity index (χ1v) is 7.80. The Kier molecular flexibility index (Phi) is 6.24. The topological polar surface area (TPSA) is 93.2 Å². The van der Waals surface area contributed by atoms with E-state index >= 15 is 0 Å². The summed E-state index contributed by atoms with van der Waals surface area (Å²) in [7, 11) is 0. The Morgan fingerprint density at radius 2 is 1.96 bits per heavy atom. The van der Waals surface area contributed by atoms with Gasteiger partial charge in [-0.3, -0.25) is 4.79 Å². The molecule has 0 spiro atoms. The third kappa shape index (κ3) is 4.52. The van der Waals surface area contributed by atoms with Crippen molar-refractivity contribution >= 4 is 23.5 Å². The standard InChI is InChI=1S/C17H20N4O3/c1-3-10-18-15(22)14-9-11-19-17(21-14)20-13-8-6-5-7-12(13)16(23)24-4-2/h5-9,11H,3-4,10H2,1-2H3,(H,18,22)(H,19,20,21). The molecule has 0 fully saturated rings. The lowest BCUT2D eigenvalue weighted by atomic mass is 10.2. The maximum atomic E-state index is 12.0. The monoisotopic (exact) mass is 328 g/mol. The molecule has 0 aliphatic carbocycles. The van der Waals surface area contributed by atoms with Gasteiger partial charge in [-0.2, -0.15) is 0 Å². The molecule has 7 nitrogen and oxygen atoms in total. The fourth-order valence-electron chi connectivity index (χ4n) is 1.97. The van der Waals surface area contributed by atoms with Crippen LogP contribution < -0.4 is 10.6 Å². The lowest BCUT2D eigenvalue weighted by Crippen LogP contribution is -2.25. The van der Waals surface area contributed by atoms with E-state index in [4.69, 9.17) is 4.74 Å². The molecule has 24 heavy (non-hydrogen) atoms. The van der Waals surface area contributed by atoms with E-state index in [2.05, 4.69) is 20.6 Å². The Hall–Kier alpha value is -2.96. The van der Waals surface area contributed by atoms with Crippen LogP contribution in [0.3, 0.4) is 0 Å². The predicted molar refractivity (Wildman–Crippen MR) is 90.3 cm³/mol. The van der Waals surface area contributed by atoms with Crippen molar-refractivity contribution in [3.8, 4) is 0 Å². The summed E-state index contributed by atoms with van der Waals surface area (Å²) in [6.45, 7) is 4.59. The molecule has 1 amide bonds. The van der Waals surface area contributed by atoms with Gasteiger partial charge in [0.2, 0.25) is 5.95 Å². The molecule has 2 rings (SSSR count). The molecule has 0 saturated heterocycles. The van der Waals surface area contributed by atoms with E-state index in [0.717, 1.165) is 6.42 Å². The number of hydrogen-bond donors (Lipinski definition) is 2. The summed E-state index contributed by atoms with van der Waals surface area (Å²) in [6.07, 6.45) is 2.33. The summed E-state index contributed by atoms with van der Waals surface area (Å²) in [6, 6.07) is 8.43. The molecule has 126 valence electrons. The van der Waals surface area contributed by atoms with Gasteiger partial charge in [0.05, 0.1) is 17.9 Å². The number of nitrogens with one attached hydrogen (secondary N) is 2. The molecule has 7 heteroatoms. The van der Waals surface area contributed by atoms with Gasteiger partial charge < -0.3 is 15.4 Å². The van der Waals surface area contributed by atoms with Crippen molar-refractivity contribution in [1.29, 1.82) is 0 Å². The van der Waals surface area contributed by atoms with Crippen LogP contribution in [0.5, 0.6) is 0 Å². The second-order valence-electron chi connectivity index (χ2n) is 4.91. The normalized spacial score (nSPS) is 10.1. The van der Waals surface area contributed by atoms with Crippen LogP contribution in [0.15, 0.2) is 36.5 Å². The first-order chi connectivity index (χ1) is 11.7. The first kappa shape index (κ1) is 17.4. The number of anilines is 2. The SMILES string of the molecule is CCCNC(=O)c1ccnc(Nc2ccccc2C(=O)OCC)n1. The average Bonchev–Trinajstić information content (AvgIpc) is 2.60. The second kappa shape index (κ2) is 8.61. The molecule has 1 aromatic heterocycles. The van der Waals surface area contributed by atoms with Crippen molar-refractivity contribution in [3.63, 3.8) is 0 Å². The minimum atomic E-state index is -0.433. The molecular formula is C17H20N4O3. The number of nitrogens with zero attached hydrogens (tertiary/aromatic N) is 2. The summed E-state index contributed by atoms with van der Waals surface area (Å²) in [5, 5.41) is 5.72. The predicted octanol–water partition coefficient (Wildman–Crippen LogP) is 2.54. The smallest absolute Gasteiger partial charge is 0.340 e. The molecule has 0 atom stereocenters. The summed E-state index contributed by atoms with van der Waals surface area (Å²) in [5.41, 5.74) is 1.15. The van der Waals surface area contributed by atoms with Crippen LogP contribution in [-0.2, 0) is 4.74 Å². The molecule has 0 bridgehead atoms. The van der Waals surface area contributed by atoms with Gasteiger partial charge in [-0.25, -0.2) is 14.8 Å². The largest absolute Gasteiger partial charge is 0.462 e. The lowest BCUT2D eigenvalue weighted by Gasteiger charge is -2.10. The third-order valence-corrected chi connectivity index (χ3v) is 3.09. The van der Waals surface area contributed by atoms with Gasteiger partial charge in [0.15, 0.2) is 0 Å². The Morgan fingerprint density at radius 3 is 2.71 bits per heavy atom. The van der Waals surface area contributed by atoms with Crippen LogP contribution in [0.4, 0.5) is 11.6 Å². The summed E-state index contributed by atoms with van der Waals surface area (Å²) >= 11 is 0. The molecule has 2 N–H and O–H groups in total. The number of para-hydroxylation sites is 1. The Morgan fingerprint density at radius 1 is 1.17 bits per heavy atom. The highest BCUT2D eigenvalue weighted by atomic mass is 16.5. The molecule has 2 aromatic rings. The molecule has 0 radical (unpaired) electrons. The number of benzene rings is 1. The number of aromatic nitrogens is 2. The van der Waals surface area contributed by atoms with Gasteiger partial charge in [0.1, 0.15) is 5.69 Å².